The lowest BCUT2D eigenvalue weighted by atomic mass is 9.69. The summed E-state index contributed by atoms with van der Waals surface area (Å²) in [4.78, 5) is 12.3. The molecule has 0 aromatic heterocycles. The van der Waals surface area contributed by atoms with E-state index < -0.39 is 0 Å². The third-order valence-electron chi connectivity index (χ3n) is 5.46. The van der Waals surface area contributed by atoms with Crippen molar-refractivity contribution in [1.29, 1.82) is 0 Å². The van der Waals surface area contributed by atoms with Crippen LogP contribution in [0.2, 0.25) is 0 Å². The van der Waals surface area contributed by atoms with Gasteiger partial charge in [0.05, 0.1) is 0 Å². The van der Waals surface area contributed by atoms with E-state index in [1.165, 1.54) is 38.5 Å². The van der Waals surface area contributed by atoms with Gasteiger partial charge in [0.15, 0.2) is 0 Å². The van der Waals surface area contributed by atoms with Crippen LogP contribution >= 0.6 is 0 Å². The molecular weight excluding hydrogens is 260 g/mol. The van der Waals surface area contributed by atoms with Crippen LogP contribution in [0.1, 0.15) is 72.1 Å². The summed E-state index contributed by atoms with van der Waals surface area (Å²) in [5.41, 5.74) is 0.299. The van der Waals surface area contributed by atoms with Gasteiger partial charge in [-0.25, -0.2) is 0 Å². The first-order chi connectivity index (χ1) is 9.97. The van der Waals surface area contributed by atoms with Crippen molar-refractivity contribution in [1.82, 2.24) is 10.6 Å². The summed E-state index contributed by atoms with van der Waals surface area (Å²) in [5.74, 6) is 1.67. The minimum Gasteiger partial charge on any atom is -0.353 e. The first-order valence-corrected chi connectivity index (χ1v) is 8.97. The van der Waals surface area contributed by atoms with E-state index in [0.717, 1.165) is 31.8 Å². The van der Waals surface area contributed by atoms with Crippen LogP contribution < -0.4 is 10.6 Å². The third-order valence-corrected chi connectivity index (χ3v) is 5.46. The van der Waals surface area contributed by atoms with Gasteiger partial charge in [-0.3, -0.25) is 4.79 Å². The van der Waals surface area contributed by atoms with E-state index in [0.29, 0.717) is 17.4 Å². The summed E-state index contributed by atoms with van der Waals surface area (Å²) in [6, 6.07) is 0.402. The highest BCUT2D eigenvalue weighted by molar-refractivity contribution is 5.76. The zero-order chi connectivity index (χ0) is 15.3. The molecule has 2 rings (SSSR count). The number of nitrogens with one attached hydrogen (secondary N) is 2. The molecule has 2 unspecified atom stereocenters. The van der Waals surface area contributed by atoms with Gasteiger partial charge in [-0.05, 0) is 62.4 Å². The average Bonchev–Trinajstić information content (AvgIpc) is 2.46. The largest absolute Gasteiger partial charge is 0.353 e. The topological polar surface area (TPSA) is 41.1 Å². The van der Waals surface area contributed by atoms with E-state index in [1.54, 1.807) is 0 Å². The van der Waals surface area contributed by atoms with E-state index in [1.807, 2.05) is 0 Å². The zero-order valence-corrected chi connectivity index (χ0v) is 14.2. The van der Waals surface area contributed by atoms with Crippen molar-refractivity contribution < 1.29 is 4.79 Å². The highest BCUT2D eigenvalue weighted by Crippen LogP contribution is 2.38. The highest BCUT2D eigenvalue weighted by Gasteiger charge is 2.34. The standard InChI is InChI=1S/C18H34N2O/c1-18(2,3)15-6-4-5-7-16(15)20-17(21)9-8-14-10-12-19-13-11-14/h14-16,19H,4-13H2,1-3H3,(H,20,21). The number of carbonyl (C=O) groups is 1. The van der Waals surface area contributed by atoms with Crippen LogP contribution in [0.15, 0.2) is 0 Å². The van der Waals surface area contributed by atoms with Gasteiger partial charge in [-0.2, -0.15) is 0 Å². The lowest BCUT2D eigenvalue weighted by Crippen LogP contribution is -2.46. The minimum absolute atomic E-state index is 0.287. The molecule has 122 valence electrons. The molecule has 2 atom stereocenters. The molecule has 0 aromatic carbocycles. The fourth-order valence-corrected chi connectivity index (χ4v) is 4.12. The summed E-state index contributed by atoms with van der Waals surface area (Å²) in [6.45, 7) is 9.20. The van der Waals surface area contributed by atoms with Crippen molar-refractivity contribution in [2.45, 2.75) is 78.2 Å². The minimum atomic E-state index is 0.287. The smallest absolute Gasteiger partial charge is 0.220 e. The van der Waals surface area contributed by atoms with Crippen molar-refractivity contribution in [2.75, 3.05) is 13.1 Å². The van der Waals surface area contributed by atoms with E-state index in [4.69, 9.17) is 0 Å². The van der Waals surface area contributed by atoms with Crippen LogP contribution in [0.5, 0.6) is 0 Å². The molecular formula is C18H34N2O. The molecule has 0 spiro atoms. The number of amides is 1. The van der Waals surface area contributed by atoms with Crippen LogP contribution in [0.3, 0.4) is 0 Å². The highest BCUT2D eigenvalue weighted by atomic mass is 16.1. The van der Waals surface area contributed by atoms with Crippen LogP contribution in [-0.2, 0) is 4.79 Å². The van der Waals surface area contributed by atoms with Crippen LogP contribution in [0.4, 0.5) is 0 Å². The molecule has 1 saturated heterocycles. The predicted octanol–water partition coefficient (Wildman–Crippen LogP) is 3.49. The maximum atomic E-state index is 12.3. The van der Waals surface area contributed by atoms with Gasteiger partial charge in [0.25, 0.3) is 0 Å². The van der Waals surface area contributed by atoms with Crippen LogP contribution in [0.25, 0.3) is 0 Å². The Morgan fingerprint density at radius 2 is 1.76 bits per heavy atom. The van der Waals surface area contributed by atoms with Gasteiger partial charge in [0.1, 0.15) is 0 Å². The second-order valence-corrected chi connectivity index (χ2v) is 8.16. The number of hydrogen-bond acceptors (Lipinski definition) is 2. The van der Waals surface area contributed by atoms with E-state index in [2.05, 4.69) is 31.4 Å². The molecule has 1 aliphatic carbocycles. The maximum absolute atomic E-state index is 12.3. The van der Waals surface area contributed by atoms with Gasteiger partial charge < -0.3 is 10.6 Å². The zero-order valence-electron chi connectivity index (χ0n) is 14.2. The summed E-state index contributed by atoms with van der Waals surface area (Å²) in [7, 11) is 0. The second-order valence-electron chi connectivity index (χ2n) is 8.16. The van der Waals surface area contributed by atoms with E-state index in [9.17, 15) is 4.79 Å². The van der Waals surface area contributed by atoms with E-state index >= 15 is 0 Å². The lowest BCUT2D eigenvalue weighted by molar-refractivity contribution is -0.123. The maximum Gasteiger partial charge on any atom is 0.220 e. The third kappa shape index (κ3) is 5.28. The molecule has 2 aliphatic rings. The normalized spacial score (nSPS) is 28.3. The molecule has 21 heavy (non-hydrogen) atoms. The van der Waals surface area contributed by atoms with Gasteiger partial charge in [-0.1, -0.05) is 33.6 Å². The number of rotatable bonds is 4. The molecule has 0 bridgehead atoms. The molecule has 2 fully saturated rings. The Hall–Kier alpha value is -0.570. The Labute approximate surface area is 130 Å². The SMILES string of the molecule is CC(C)(C)C1CCCCC1NC(=O)CCC1CCNCC1. The van der Waals surface area contributed by atoms with Crippen molar-refractivity contribution >= 4 is 5.91 Å². The Morgan fingerprint density at radius 1 is 1.10 bits per heavy atom. The summed E-state index contributed by atoms with van der Waals surface area (Å²) in [5, 5.41) is 6.75. The monoisotopic (exact) mass is 294 g/mol. The van der Waals surface area contributed by atoms with Crippen molar-refractivity contribution in [3.05, 3.63) is 0 Å². The molecule has 1 saturated carbocycles. The van der Waals surface area contributed by atoms with E-state index in [-0.39, 0.29) is 5.91 Å². The summed E-state index contributed by atoms with van der Waals surface area (Å²) >= 11 is 0. The van der Waals surface area contributed by atoms with Gasteiger partial charge in [0, 0.05) is 12.5 Å². The molecule has 0 aromatic rings. The fraction of sp³-hybridized carbons (Fsp3) is 0.944. The van der Waals surface area contributed by atoms with Crippen LogP contribution in [0, 0.1) is 17.3 Å². The van der Waals surface area contributed by atoms with Crippen molar-refractivity contribution in [2.24, 2.45) is 17.3 Å². The Kier molecular flexibility index (Phi) is 6.09. The second kappa shape index (κ2) is 7.62. The molecule has 0 radical (unpaired) electrons. The number of piperidine rings is 1. The first kappa shape index (κ1) is 16.8. The van der Waals surface area contributed by atoms with Gasteiger partial charge in [-0.15, -0.1) is 0 Å². The summed E-state index contributed by atoms with van der Waals surface area (Å²) in [6.07, 6.45) is 9.29. The quantitative estimate of drug-likeness (QED) is 0.833. The molecule has 1 aliphatic heterocycles. The molecule has 1 heterocycles. The molecule has 3 nitrogen and oxygen atoms in total. The molecule has 1 amide bonds. The Balaban J connectivity index is 1.77. The predicted molar refractivity (Wildman–Crippen MR) is 88.2 cm³/mol. The fourth-order valence-electron chi connectivity index (χ4n) is 4.12. The number of carbonyl (C=O) groups excluding carboxylic acids is 1. The van der Waals surface area contributed by atoms with Gasteiger partial charge in [0.2, 0.25) is 5.91 Å². The number of hydrogen-bond donors (Lipinski definition) is 2. The lowest BCUT2D eigenvalue weighted by Gasteiger charge is -2.40. The molecule has 2 N–H and O–H groups in total. The van der Waals surface area contributed by atoms with Crippen molar-refractivity contribution in [3.8, 4) is 0 Å². The molecule has 3 heteroatoms. The first-order valence-electron chi connectivity index (χ1n) is 8.97. The van der Waals surface area contributed by atoms with Crippen molar-refractivity contribution in [3.63, 3.8) is 0 Å². The Morgan fingerprint density at radius 3 is 2.43 bits per heavy atom. The average molecular weight is 294 g/mol. The Bertz CT molecular complexity index is 329. The van der Waals surface area contributed by atoms with Crippen LogP contribution in [-0.4, -0.2) is 25.0 Å². The summed E-state index contributed by atoms with van der Waals surface area (Å²) < 4.78 is 0. The van der Waals surface area contributed by atoms with Gasteiger partial charge >= 0.3 is 0 Å².